The van der Waals surface area contributed by atoms with E-state index in [1.165, 1.54) is 4.88 Å². The lowest BCUT2D eigenvalue weighted by Crippen LogP contribution is -2.08. The van der Waals surface area contributed by atoms with Crippen LogP contribution in [0.15, 0.2) is 35.7 Å². The van der Waals surface area contributed by atoms with Crippen molar-refractivity contribution in [2.24, 2.45) is 0 Å². The van der Waals surface area contributed by atoms with Crippen molar-refractivity contribution in [1.29, 1.82) is 0 Å². The summed E-state index contributed by atoms with van der Waals surface area (Å²) in [6.45, 7) is 5.22. The van der Waals surface area contributed by atoms with Crippen LogP contribution in [0.2, 0.25) is 0 Å². The van der Waals surface area contributed by atoms with Gasteiger partial charge in [0.15, 0.2) is 0 Å². The molecule has 0 spiro atoms. The molecule has 1 unspecified atom stereocenters. The molecule has 0 radical (unpaired) electrons. The van der Waals surface area contributed by atoms with Gasteiger partial charge in [0.05, 0.1) is 0 Å². The van der Waals surface area contributed by atoms with Crippen LogP contribution in [0.1, 0.15) is 23.3 Å². The first kappa shape index (κ1) is 12.0. The van der Waals surface area contributed by atoms with E-state index in [9.17, 15) is 0 Å². The van der Waals surface area contributed by atoms with Gasteiger partial charge in [-0.25, -0.2) is 0 Å². The standard InChI is InChI=1S/C14H18N2S/c1-10-8-12(5-6-13(10)15)16-9-11(2)14-4-3-7-17-14/h3-8,11,16H,9,15H2,1-2H3. The lowest BCUT2D eigenvalue weighted by Gasteiger charge is -2.13. The average molecular weight is 246 g/mol. The average Bonchev–Trinajstić information content (AvgIpc) is 2.84. The Kier molecular flexibility index (Phi) is 3.69. The number of anilines is 2. The quantitative estimate of drug-likeness (QED) is 0.804. The third kappa shape index (κ3) is 3.01. The Morgan fingerprint density at radius 2 is 2.18 bits per heavy atom. The van der Waals surface area contributed by atoms with E-state index in [0.29, 0.717) is 5.92 Å². The predicted octanol–water partition coefficient (Wildman–Crippen LogP) is 3.85. The molecule has 90 valence electrons. The van der Waals surface area contributed by atoms with E-state index in [2.05, 4.69) is 35.8 Å². The molecule has 0 bridgehead atoms. The van der Waals surface area contributed by atoms with Crippen LogP contribution in [-0.4, -0.2) is 6.54 Å². The molecule has 1 aromatic carbocycles. The number of benzene rings is 1. The van der Waals surface area contributed by atoms with E-state index in [4.69, 9.17) is 5.73 Å². The van der Waals surface area contributed by atoms with Gasteiger partial charge in [-0.1, -0.05) is 13.0 Å². The summed E-state index contributed by atoms with van der Waals surface area (Å²) in [6.07, 6.45) is 0. The molecule has 0 saturated carbocycles. The van der Waals surface area contributed by atoms with Crippen LogP contribution < -0.4 is 11.1 Å². The zero-order chi connectivity index (χ0) is 12.3. The first-order valence-corrected chi connectivity index (χ1v) is 6.68. The molecule has 0 amide bonds. The second-order valence-electron chi connectivity index (χ2n) is 4.37. The highest BCUT2D eigenvalue weighted by atomic mass is 32.1. The molecule has 1 heterocycles. The molecule has 1 aromatic heterocycles. The van der Waals surface area contributed by atoms with Crippen molar-refractivity contribution in [2.45, 2.75) is 19.8 Å². The molecule has 0 aliphatic heterocycles. The smallest absolute Gasteiger partial charge is 0.0345 e. The predicted molar refractivity (Wildman–Crippen MR) is 76.8 cm³/mol. The Bertz CT molecular complexity index is 477. The molecule has 2 rings (SSSR count). The molecule has 2 aromatic rings. The highest BCUT2D eigenvalue weighted by Gasteiger charge is 2.06. The maximum atomic E-state index is 5.80. The monoisotopic (exact) mass is 246 g/mol. The van der Waals surface area contributed by atoms with Gasteiger partial charge in [-0.05, 0) is 42.1 Å². The van der Waals surface area contributed by atoms with Crippen molar-refractivity contribution in [3.63, 3.8) is 0 Å². The molecule has 17 heavy (non-hydrogen) atoms. The molecule has 0 aliphatic rings. The summed E-state index contributed by atoms with van der Waals surface area (Å²) < 4.78 is 0. The Hall–Kier alpha value is -1.48. The van der Waals surface area contributed by atoms with E-state index < -0.39 is 0 Å². The van der Waals surface area contributed by atoms with Crippen molar-refractivity contribution < 1.29 is 0 Å². The molecule has 1 atom stereocenters. The van der Waals surface area contributed by atoms with Crippen LogP contribution in [-0.2, 0) is 0 Å². The normalized spacial score (nSPS) is 12.4. The van der Waals surface area contributed by atoms with E-state index in [1.807, 2.05) is 30.4 Å². The number of aryl methyl sites for hydroxylation is 1. The van der Waals surface area contributed by atoms with Crippen LogP contribution in [0.25, 0.3) is 0 Å². The van der Waals surface area contributed by atoms with E-state index in [1.54, 1.807) is 0 Å². The molecule has 2 nitrogen and oxygen atoms in total. The fraction of sp³-hybridized carbons (Fsp3) is 0.286. The summed E-state index contributed by atoms with van der Waals surface area (Å²) >= 11 is 1.81. The largest absolute Gasteiger partial charge is 0.399 e. The number of hydrogen-bond donors (Lipinski definition) is 2. The van der Waals surface area contributed by atoms with Crippen LogP contribution >= 0.6 is 11.3 Å². The number of nitrogen functional groups attached to an aromatic ring is 1. The Balaban J connectivity index is 1.96. The third-order valence-corrected chi connectivity index (χ3v) is 4.01. The van der Waals surface area contributed by atoms with Crippen molar-refractivity contribution in [3.8, 4) is 0 Å². The van der Waals surface area contributed by atoms with Crippen molar-refractivity contribution in [3.05, 3.63) is 46.2 Å². The lowest BCUT2D eigenvalue weighted by atomic mass is 10.1. The number of rotatable bonds is 4. The van der Waals surface area contributed by atoms with Crippen molar-refractivity contribution >= 4 is 22.7 Å². The fourth-order valence-corrected chi connectivity index (χ4v) is 2.52. The summed E-state index contributed by atoms with van der Waals surface area (Å²) in [7, 11) is 0. The minimum absolute atomic E-state index is 0.535. The van der Waals surface area contributed by atoms with E-state index >= 15 is 0 Å². The number of nitrogens with two attached hydrogens (primary N) is 1. The minimum atomic E-state index is 0.535. The molecule has 3 N–H and O–H groups in total. The number of hydrogen-bond acceptors (Lipinski definition) is 3. The lowest BCUT2D eigenvalue weighted by molar-refractivity contribution is 0.822. The fourth-order valence-electron chi connectivity index (χ4n) is 1.73. The van der Waals surface area contributed by atoms with Gasteiger partial charge in [-0.15, -0.1) is 11.3 Å². The van der Waals surface area contributed by atoms with Gasteiger partial charge >= 0.3 is 0 Å². The minimum Gasteiger partial charge on any atom is -0.399 e. The van der Waals surface area contributed by atoms with Gasteiger partial charge in [-0.3, -0.25) is 0 Å². The number of nitrogens with one attached hydrogen (secondary N) is 1. The second kappa shape index (κ2) is 5.23. The highest BCUT2D eigenvalue weighted by Crippen LogP contribution is 2.22. The van der Waals surface area contributed by atoms with Crippen LogP contribution in [0.4, 0.5) is 11.4 Å². The molecule has 0 saturated heterocycles. The summed E-state index contributed by atoms with van der Waals surface area (Å²) in [4.78, 5) is 1.42. The third-order valence-electron chi connectivity index (χ3n) is 2.91. The number of thiophene rings is 1. The summed E-state index contributed by atoms with van der Waals surface area (Å²) in [5, 5.41) is 5.58. The summed E-state index contributed by atoms with van der Waals surface area (Å²) in [6, 6.07) is 10.4. The van der Waals surface area contributed by atoms with Crippen molar-refractivity contribution in [2.75, 3.05) is 17.6 Å². The topological polar surface area (TPSA) is 38.0 Å². The zero-order valence-electron chi connectivity index (χ0n) is 10.2. The maximum absolute atomic E-state index is 5.80. The first-order chi connectivity index (χ1) is 8.16. The van der Waals surface area contributed by atoms with Crippen LogP contribution in [0.5, 0.6) is 0 Å². The molecular formula is C14H18N2S. The van der Waals surface area contributed by atoms with Gasteiger partial charge in [-0.2, -0.15) is 0 Å². The molecule has 0 fully saturated rings. The molecule has 0 aliphatic carbocycles. The summed E-state index contributed by atoms with van der Waals surface area (Å²) in [5.74, 6) is 0.535. The first-order valence-electron chi connectivity index (χ1n) is 5.80. The SMILES string of the molecule is Cc1cc(NCC(C)c2cccs2)ccc1N. The highest BCUT2D eigenvalue weighted by molar-refractivity contribution is 7.10. The Morgan fingerprint density at radius 3 is 2.82 bits per heavy atom. The van der Waals surface area contributed by atoms with Gasteiger partial charge in [0.25, 0.3) is 0 Å². The van der Waals surface area contributed by atoms with Gasteiger partial charge < -0.3 is 11.1 Å². The van der Waals surface area contributed by atoms with E-state index in [-0.39, 0.29) is 0 Å². The summed E-state index contributed by atoms with van der Waals surface area (Å²) in [5.41, 5.74) is 8.91. The second-order valence-corrected chi connectivity index (χ2v) is 5.35. The van der Waals surface area contributed by atoms with E-state index in [0.717, 1.165) is 23.5 Å². The maximum Gasteiger partial charge on any atom is 0.0345 e. The Morgan fingerprint density at radius 1 is 1.35 bits per heavy atom. The molecule has 3 heteroatoms. The van der Waals surface area contributed by atoms with Gasteiger partial charge in [0.2, 0.25) is 0 Å². The van der Waals surface area contributed by atoms with Crippen LogP contribution in [0, 0.1) is 6.92 Å². The Labute approximate surface area is 106 Å². The van der Waals surface area contributed by atoms with Gasteiger partial charge in [0, 0.05) is 28.7 Å². The zero-order valence-corrected chi connectivity index (χ0v) is 11.1. The van der Waals surface area contributed by atoms with Gasteiger partial charge in [0.1, 0.15) is 0 Å². The van der Waals surface area contributed by atoms with Crippen LogP contribution in [0.3, 0.4) is 0 Å². The van der Waals surface area contributed by atoms with Crippen molar-refractivity contribution in [1.82, 2.24) is 0 Å². The molecular weight excluding hydrogens is 228 g/mol.